The minimum absolute atomic E-state index is 0.158. The molecule has 1 aromatic carbocycles. The lowest BCUT2D eigenvalue weighted by Gasteiger charge is -2.25. The highest BCUT2D eigenvalue weighted by atomic mass is 32.1. The normalized spacial score (nSPS) is 15.9. The van der Waals surface area contributed by atoms with Crippen molar-refractivity contribution in [3.05, 3.63) is 46.2 Å². The molecule has 1 aliphatic carbocycles. The Morgan fingerprint density at radius 1 is 1.38 bits per heavy atom. The number of rotatable bonds is 6. The molecule has 1 saturated carbocycles. The number of phenolic OH excluding ortho intramolecular Hbond substituents is 1. The van der Waals surface area contributed by atoms with Crippen molar-refractivity contribution in [3.63, 3.8) is 0 Å². The van der Waals surface area contributed by atoms with Gasteiger partial charge in [-0.05, 0) is 55.3 Å². The molecule has 0 bridgehead atoms. The summed E-state index contributed by atoms with van der Waals surface area (Å²) in [6.45, 7) is 2.98. The van der Waals surface area contributed by atoms with Gasteiger partial charge in [-0.15, -0.1) is 0 Å². The molecule has 112 valence electrons. The van der Waals surface area contributed by atoms with Gasteiger partial charge in [-0.2, -0.15) is 11.3 Å². The fourth-order valence-electron chi connectivity index (χ4n) is 2.63. The Balaban J connectivity index is 1.84. The van der Waals surface area contributed by atoms with Crippen LogP contribution in [0.1, 0.15) is 36.9 Å². The molecule has 1 atom stereocenters. The van der Waals surface area contributed by atoms with E-state index in [1.165, 1.54) is 18.4 Å². The first-order chi connectivity index (χ1) is 10.2. The molecular weight excluding hydrogens is 280 g/mol. The zero-order chi connectivity index (χ0) is 14.8. The Morgan fingerprint density at radius 3 is 2.76 bits per heavy atom. The molecule has 0 saturated heterocycles. The number of anilines is 1. The molecule has 2 aromatic rings. The highest BCUT2D eigenvalue weighted by molar-refractivity contribution is 7.07. The maximum absolute atomic E-state index is 10.3. The molecule has 0 aliphatic heterocycles. The van der Waals surface area contributed by atoms with Crippen LogP contribution in [0.15, 0.2) is 35.0 Å². The summed E-state index contributed by atoms with van der Waals surface area (Å²) in [4.78, 5) is 2.41. The van der Waals surface area contributed by atoms with Crippen LogP contribution in [-0.4, -0.2) is 18.2 Å². The second-order valence-electron chi connectivity index (χ2n) is 5.74. The molecule has 1 heterocycles. The predicted octanol–water partition coefficient (Wildman–Crippen LogP) is 3.90. The molecule has 0 radical (unpaired) electrons. The smallest absolute Gasteiger partial charge is 0.122 e. The number of benzene rings is 1. The third kappa shape index (κ3) is 3.22. The van der Waals surface area contributed by atoms with Crippen molar-refractivity contribution in [2.75, 3.05) is 11.9 Å². The van der Waals surface area contributed by atoms with Crippen LogP contribution in [0.2, 0.25) is 0 Å². The van der Waals surface area contributed by atoms with E-state index < -0.39 is 0 Å². The van der Waals surface area contributed by atoms with Crippen molar-refractivity contribution in [3.8, 4) is 5.75 Å². The number of nitrogens with zero attached hydrogens (tertiary/aromatic N) is 1. The summed E-state index contributed by atoms with van der Waals surface area (Å²) in [6.07, 6.45) is 2.50. The van der Waals surface area contributed by atoms with Crippen molar-refractivity contribution in [2.45, 2.75) is 38.4 Å². The van der Waals surface area contributed by atoms with Crippen LogP contribution in [0.25, 0.3) is 0 Å². The zero-order valence-corrected chi connectivity index (χ0v) is 13.4. The van der Waals surface area contributed by atoms with Gasteiger partial charge in [0.05, 0.1) is 0 Å². The summed E-state index contributed by atoms with van der Waals surface area (Å²) in [7, 11) is 1.91. The summed E-state index contributed by atoms with van der Waals surface area (Å²) in [6, 6.07) is 9.04. The predicted molar refractivity (Wildman–Crippen MR) is 89.1 cm³/mol. The van der Waals surface area contributed by atoms with Gasteiger partial charge in [0.1, 0.15) is 5.75 Å². The summed E-state index contributed by atoms with van der Waals surface area (Å²) in [5.74, 6) is 0.380. The first-order valence-electron chi connectivity index (χ1n) is 7.47. The number of phenols is 1. The van der Waals surface area contributed by atoms with E-state index in [0.29, 0.717) is 11.8 Å². The standard InChI is InChI=1S/C17H22N2OS/c1-12(18-2)16-6-5-15(9-17(16)20)19(14-3-4-14)10-13-7-8-21-11-13/h5-9,11-12,14,18,20H,3-4,10H2,1-2H3. The molecule has 3 nitrogen and oxygen atoms in total. The lowest BCUT2D eigenvalue weighted by atomic mass is 10.1. The van der Waals surface area contributed by atoms with Gasteiger partial charge in [0.25, 0.3) is 0 Å². The molecule has 21 heavy (non-hydrogen) atoms. The number of aromatic hydroxyl groups is 1. The summed E-state index contributed by atoms with van der Waals surface area (Å²) in [5, 5.41) is 17.8. The van der Waals surface area contributed by atoms with Gasteiger partial charge in [-0.1, -0.05) is 6.07 Å². The van der Waals surface area contributed by atoms with Gasteiger partial charge in [-0.25, -0.2) is 0 Å². The molecule has 1 aromatic heterocycles. The van der Waals surface area contributed by atoms with E-state index in [1.807, 2.05) is 19.2 Å². The molecule has 0 spiro atoms. The minimum atomic E-state index is 0.158. The Morgan fingerprint density at radius 2 is 2.19 bits per heavy atom. The quantitative estimate of drug-likeness (QED) is 0.849. The molecule has 3 rings (SSSR count). The highest BCUT2D eigenvalue weighted by Gasteiger charge is 2.29. The highest BCUT2D eigenvalue weighted by Crippen LogP contribution is 2.36. The van der Waals surface area contributed by atoms with Gasteiger partial charge in [-0.3, -0.25) is 0 Å². The molecule has 1 aliphatic rings. The van der Waals surface area contributed by atoms with E-state index in [-0.39, 0.29) is 6.04 Å². The van der Waals surface area contributed by atoms with E-state index in [2.05, 4.69) is 40.0 Å². The van der Waals surface area contributed by atoms with Gasteiger partial charge in [0, 0.05) is 35.9 Å². The monoisotopic (exact) mass is 302 g/mol. The van der Waals surface area contributed by atoms with E-state index in [9.17, 15) is 5.11 Å². The first-order valence-corrected chi connectivity index (χ1v) is 8.41. The Bertz CT molecular complexity index is 593. The van der Waals surface area contributed by atoms with Crippen LogP contribution >= 0.6 is 11.3 Å². The minimum Gasteiger partial charge on any atom is -0.508 e. The zero-order valence-electron chi connectivity index (χ0n) is 12.5. The Kier molecular flexibility index (Phi) is 4.17. The SMILES string of the molecule is CNC(C)c1ccc(N(Cc2ccsc2)C2CC2)cc1O. The fraction of sp³-hybridized carbons (Fsp3) is 0.412. The van der Waals surface area contributed by atoms with Crippen molar-refractivity contribution in [1.29, 1.82) is 0 Å². The molecule has 2 N–H and O–H groups in total. The third-order valence-electron chi connectivity index (χ3n) is 4.17. The lowest BCUT2D eigenvalue weighted by molar-refractivity contribution is 0.457. The lowest BCUT2D eigenvalue weighted by Crippen LogP contribution is -2.24. The van der Waals surface area contributed by atoms with Crippen LogP contribution in [0, 0.1) is 0 Å². The Hall–Kier alpha value is -1.52. The second kappa shape index (κ2) is 6.08. The molecule has 4 heteroatoms. The largest absolute Gasteiger partial charge is 0.508 e. The summed E-state index contributed by atoms with van der Waals surface area (Å²) < 4.78 is 0. The van der Waals surface area contributed by atoms with Gasteiger partial charge >= 0.3 is 0 Å². The summed E-state index contributed by atoms with van der Waals surface area (Å²) in [5.41, 5.74) is 3.42. The molecular formula is C17H22N2OS. The average Bonchev–Trinajstić information content (AvgIpc) is 3.20. The van der Waals surface area contributed by atoms with E-state index in [4.69, 9.17) is 0 Å². The summed E-state index contributed by atoms with van der Waals surface area (Å²) >= 11 is 1.74. The molecule has 0 amide bonds. The number of thiophene rings is 1. The van der Waals surface area contributed by atoms with Crippen molar-refractivity contribution in [1.82, 2.24) is 5.32 Å². The third-order valence-corrected chi connectivity index (χ3v) is 4.90. The number of hydrogen-bond acceptors (Lipinski definition) is 4. The second-order valence-corrected chi connectivity index (χ2v) is 6.52. The van der Waals surface area contributed by atoms with Crippen LogP contribution in [0.4, 0.5) is 5.69 Å². The van der Waals surface area contributed by atoms with Gasteiger partial charge in [0.15, 0.2) is 0 Å². The number of nitrogens with one attached hydrogen (secondary N) is 1. The van der Waals surface area contributed by atoms with Crippen LogP contribution < -0.4 is 10.2 Å². The van der Waals surface area contributed by atoms with E-state index >= 15 is 0 Å². The van der Waals surface area contributed by atoms with E-state index in [1.54, 1.807) is 11.3 Å². The van der Waals surface area contributed by atoms with Crippen LogP contribution in [0.5, 0.6) is 5.75 Å². The van der Waals surface area contributed by atoms with Gasteiger partial charge < -0.3 is 15.3 Å². The maximum Gasteiger partial charge on any atom is 0.122 e. The fourth-order valence-corrected chi connectivity index (χ4v) is 3.29. The topological polar surface area (TPSA) is 35.5 Å². The number of hydrogen-bond donors (Lipinski definition) is 2. The van der Waals surface area contributed by atoms with Crippen LogP contribution in [-0.2, 0) is 6.54 Å². The maximum atomic E-state index is 10.3. The van der Waals surface area contributed by atoms with E-state index in [0.717, 1.165) is 17.8 Å². The Labute approximate surface area is 130 Å². The van der Waals surface area contributed by atoms with Crippen molar-refractivity contribution < 1.29 is 5.11 Å². The van der Waals surface area contributed by atoms with Gasteiger partial charge in [0.2, 0.25) is 0 Å². The molecule has 1 unspecified atom stereocenters. The van der Waals surface area contributed by atoms with Crippen LogP contribution in [0.3, 0.4) is 0 Å². The average molecular weight is 302 g/mol. The first kappa shape index (κ1) is 14.4. The van der Waals surface area contributed by atoms with Crippen molar-refractivity contribution >= 4 is 17.0 Å². The molecule has 1 fully saturated rings. The van der Waals surface area contributed by atoms with Crippen molar-refractivity contribution in [2.24, 2.45) is 0 Å².